The summed E-state index contributed by atoms with van der Waals surface area (Å²) in [6.45, 7) is 6.01. The molecule has 1 rings (SSSR count). The van der Waals surface area contributed by atoms with Crippen LogP contribution in [0.4, 0.5) is 0 Å². The Morgan fingerprint density at radius 2 is 1.79 bits per heavy atom. The Balaban J connectivity index is 0.000000791. The van der Waals surface area contributed by atoms with Crippen LogP contribution in [0.25, 0.3) is 0 Å². The highest BCUT2D eigenvalue weighted by Crippen LogP contribution is 2.01. The van der Waals surface area contributed by atoms with E-state index in [0.717, 1.165) is 11.9 Å². The monoisotopic (exact) mass is 191 g/mol. The number of nitrogens with one attached hydrogen (secondary N) is 1. The van der Waals surface area contributed by atoms with Crippen molar-refractivity contribution in [3.63, 3.8) is 0 Å². The lowest BCUT2D eigenvalue weighted by Gasteiger charge is -1.98. The van der Waals surface area contributed by atoms with Crippen molar-refractivity contribution in [1.82, 2.24) is 0 Å². The van der Waals surface area contributed by atoms with E-state index in [0.29, 0.717) is 5.84 Å². The maximum atomic E-state index is 6.73. The summed E-state index contributed by atoms with van der Waals surface area (Å²) in [7, 11) is 0. The Kier molecular flexibility index (Phi) is 6.03. The summed E-state index contributed by atoms with van der Waals surface area (Å²) in [4.78, 5) is 3.66. The van der Waals surface area contributed by atoms with Crippen LogP contribution in [0.5, 0.6) is 0 Å². The van der Waals surface area contributed by atoms with E-state index in [4.69, 9.17) is 11.1 Å². The highest BCUT2D eigenvalue weighted by atomic mass is 14.9. The number of rotatable bonds is 2. The molecule has 3 nitrogen and oxygen atoms in total. The van der Waals surface area contributed by atoms with Crippen molar-refractivity contribution < 1.29 is 0 Å². The lowest BCUT2D eigenvalue weighted by Crippen LogP contribution is -2.12. The van der Waals surface area contributed by atoms with Gasteiger partial charge < -0.3 is 5.73 Å². The first-order chi connectivity index (χ1) is 6.74. The number of benzene rings is 1. The molecule has 0 aliphatic carbocycles. The molecular weight excluding hydrogens is 174 g/mol. The van der Waals surface area contributed by atoms with Gasteiger partial charge in [-0.2, -0.15) is 0 Å². The maximum absolute atomic E-state index is 6.73. The first-order valence-electron chi connectivity index (χ1n) is 4.63. The standard InChI is InChI=1S/C9H11N3.C2H6/c1-7-2-4-8(5-3-7)9(11)12-6-10;1-2/h2-6H,1H3,(H3,10,11,12);1-2H3. The Morgan fingerprint density at radius 3 is 2.21 bits per heavy atom. The molecule has 76 valence electrons. The van der Waals surface area contributed by atoms with Crippen LogP contribution in [0, 0.1) is 12.3 Å². The number of hydrogen-bond donors (Lipinski definition) is 2. The molecule has 0 amide bonds. The van der Waals surface area contributed by atoms with E-state index < -0.39 is 0 Å². The van der Waals surface area contributed by atoms with Crippen molar-refractivity contribution in [2.24, 2.45) is 10.7 Å². The van der Waals surface area contributed by atoms with Crippen molar-refractivity contribution in [3.8, 4) is 0 Å². The largest absolute Gasteiger partial charge is 0.383 e. The van der Waals surface area contributed by atoms with Crippen LogP contribution in [0.2, 0.25) is 0 Å². The first-order valence-corrected chi connectivity index (χ1v) is 4.63. The van der Waals surface area contributed by atoms with E-state index in [2.05, 4.69) is 4.99 Å². The summed E-state index contributed by atoms with van der Waals surface area (Å²) in [6.07, 6.45) is 0.940. The lowest BCUT2D eigenvalue weighted by molar-refractivity contribution is 1.43. The Hall–Kier alpha value is -1.64. The smallest absolute Gasteiger partial charge is 0.132 e. The van der Waals surface area contributed by atoms with Crippen molar-refractivity contribution in [2.45, 2.75) is 20.8 Å². The van der Waals surface area contributed by atoms with Crippen LogP contribution in [0.15, 0.2) is 29.3 Å². The number of hydrogen-bond acceptors (Lipinski definition) is 1. The Labute approximate surface area is 85.2 Å². The SMILES string of the molecule is CC.Cc1ccc(C(N)=NC=N)cc1. The molecule has 1 aromatic rings. The molecule has 0 heterocycles. The van der Waals surface area contributed by atoms with Gasteiger partial charge in [-0.05, 0) is 6.92 Å². The molecule has 0 radical (unpaired) electrons. The van der Waals surface area contributed by atoms with Crippen LogP contribution in [-0.4, -0.2) is 12.2 Å². The first kappa shape index (κ1) is 12.4. The second-order valence-corrected chi connectivity index (χ2v) is 2.51. The molecule has 3 heteroatoms. The van der Waals surface area contributed by atoms with Crippen LogP contribution in [-0.2, 0) is 0 Å². The molecule has 0 aromatic heterocycles. The van der Waals surface area contributed by atoms with Gasteiger partial charge in [-0.1, -0.05) is 43.7 Å². The van der Waals surface area contributed by atoms with Gasteiger partial charge in [0.1, 0.15) is 12.2 Å². The van der Waals surface area contributed by atoms with Crippen molar-refractivity contribution in [1.29, 1.82) is 5.41 Å². The predicted molar refractivity (Wildman–Crippen MR) is 62.0 cm³/mol. The van der Waals surface area contributed by atoms with Crippen molar-refractivity contribution in [2.75, 3.05) is 0 Å². The average molecular weight is 191 g/mol. The zero-order chi connectivity index (χ0) is 11.0. The van der Waals surface area contributed by atoms with Crippen molar-refractivity contribution >= 4 is 12.2 Å². The average Bonchev–Trinajstić information content (AvgIpc) is 2.22. The van der Waals surface area contributed by atoms with Gasteiger partial charge in [-0.15, -0.1) is 0 Å². The molecule has 3 N–H and O–H groups in total. The number of aryl methyl sites for hydroxylation is 1. The van der Waals surface area contributed by atoms with Gasteiger partial charge in [0.05, 0.1) is 0 Å². The molecule has 0 fully saturated rings. The molecule has 1 aromatic carbocycles. The molecule has 0 aliphatic heterocycles. The normalized spacial score (nSPS) is 10.1. The van der Waals surface area contributed by atoms with E-state index in [1.54, 1.807) is 0 Å². The maximum Gasteiger partial charge on any atom is 0.132 e. The van der Waals surface area contributed by atoms with Crippen molar-refractivity contribution in [3.05, 3.63) is 35.4 Å². The van der Waals surface area contributed by atoms with E-state index in [1.807, 2.05) is 45.0 Å². The predicted octanol–water partition coefficient (Wildman–Crippen LogP) is 2.33. The van der Waals surface area contributed by atoms with Gasteiger partial charge in [0.25, 0.3) is 0 Å². The minimum absolute atomic E-state index is 0.380. The number of nitrogens with two attached hydrogens (primary N) is 1. The van der Waals surface area contributed by atoms with Crippen LogP contribution < -0.4 is 5.73 Å². The van der Waals surface area contributed by atoms with Crippen LogP contribution >= 0.6 is 0 Å². The second-order valence-electron chi connectivity index (χ2n) is 2.51. The molecule has 0 saturated heterocycles. The van der Waals surface area contributed by atoms with E-state index in [-0.39, 0.29) is 0 Å². The summed E-state index contributed by atoms with van der Waals surface area (Å²) in [5.74, 6) is 0.380. The fraction of sp³-hybridized carbons (Fsp3) is 0.273. The molecule has 0 saturated carbocycles. The Bertz CT molecular complexity index is 299. The zero-order valence-corrected chi connectivity index (χ0v) is 8.91. The summed E-state index contributed by atoms with van der Waals surface area (Å²) in [6, 6.07) is 7.69. The molecule has 0 unspecified atom stereocenters. The molecule has 0 atom stereocenters. The van der Waals surface area contributed by atoms with Gasteiger partial charge in [0.2, 0.25) is 0 Å². The molecule has 0 aliphatic rings. The van der Waals surface area contributed by atoms with Crippen LogP contribution in [0.3, 0.4) is 0 Å². The summed E-state index contributed by atoms with van der Waals surface area (Å²) >= 11 is 0. The third-order valence-electron chi connectivity index (χ3n) is 1.55. The van der Waals surface area contributed by atoms with Crippen LogP contribution in [0.1, 0.15) is 25.0 Å². The minimum atomic E-state index is 0.380. The van der Waals surface area contributed by atoms with E-state index >= 15 is 0 Å². The molecule has 0 spiro atoms. The number of aliphatic imine (C=N–C) groups is 1. The van der Waals surface area contributed by atoms with Gasteiger partial charge in [-0.25, -0.2) is 4.99 Å². The lowest BCUT2D eigenvalue weighted by atomic mass is 10.1. The number of nitrogens with zero attached hydrogens (tertiary/aromatic N) is 1. The third-order valence-corrected chi connectivity index (χ3v) is 1.55. The summed E-state index contributed by atoms with van der Waals surface area (Å²) < 4.78 is 0. The number of amidine groups is 1. The summed E-state index contributed by atoms with van der Waals surface area (Å²) in [5.41, 5.74) is 7.59. The van der Waals surface area contributed by atoms with Gasteiger partial charge in [-0.3, -0.25) is 5.41 Å². The zero-order valence-electron chi connectivity index (χ0n) is 8.91. The Morgan fingerprint density at radius 1 is 1.29 bits per heavy atom. The van der Waals surface area contributed by atoms with Gasteiger partial charge in [0.15, 0.2) is 0 Å². The summed E-state index contributed by atoms with van der Waals surface area (Å²) in [5, 5.41) is 6.73. The topological polar surface area (TPSA) is 62.2 Å². The van der Waals surface area contributed by atoms with Gasteiger partial charge in [0, 0.05) is 5.56 Å². The highest BCUT2D eigenvalue weighted by Gasteiger charge is 1.94. The molecule has 14 heavy (non-hydrogen) atoms. The van der Waals surface area contributed by atoms with E-state index in [1.165, 1.54) is 5.56 Å². The van der Waals surface area contributed by atoms with Gasteiger partial charge >= 0.3 is 0 Å². The highest BCUT2D eigenvalue weighted by molar-refractivity contribution is 6.00. The minimum Gasteiger partial charge on any atom is -0.383 e. The molecular formula is C11H17N3. The third kappa shape index (κ3) is 3.85. The van der Waals surface area contributed by atoms with E-state index in [9.17, 15) is 0 Å². The second kappa shape index (κ2) is 6.83. The quantitative estimate of drug-likeness (QED) is 0.547. The fourth-order valence-corrected chi connectivity index (χ4v) is 0.868. The fourth-order valence-electron chi connectivity index (χ4n) is 0.868. The molecule has 0 bridgehead atoms.